The number of nitrogens with one attached hydrogen (secondary N) is 1. The SMILES string of the molecule is CC(=O)NC(CC(=O)N1CCC1)c1ccccc1. The van der Waals surface area contributed by atoms with Crippen LogP contribution in [0.1, 0.15) is 31.4 Å². The highest BCUT2D eigenvalue weighted by Gasteiger charge is 2.24. The summed E-state index contributed by atoms with van der Waals surface area (Å²) in [7, 11) is 0. The van der Waals surface area contributed by atoms with Crippen molar-refractivity contribution in [2.24, 2.45) is 0 Å². The third-order valence-electron chi connectivity index (χ3n) is 3.17. The molecule has 1 heterocycles. The molecule has 1 aliphatic heterocycles. The topological polar surface area (TPSA) is 49.4 Å². The van der Waals surface area contributed by atoms with Crippen LogP contribution in [0, 0.1) is 0 Å². The molecule has 0 spiro atoms. The minimum absolute atomic E-state index is 0.111. The van der Waals surface area contributed by atoms with Crippen molar-refractivity contribution < 1.29 is 9.59 Å². The number of likely N-dealkylation sites (tertiary alicyclic amines) is 1. The van der Waals surface area contributed by atoms with Gasteiger partial charge in [-0.15, -0.1) is 0 Å². The molecule has 1 aromatic rings. The van der Waals surface area contributed by atoms with Gasteiger partial charge in [-0.1, -0.05) is 30.3 Å². The van der Waals surface area contributed by atoms with Crippen molar-refractivity contribution in [3.05, 3.63) is 35.9 Å². The molecule has 0 aromatic heterocycles. The van der Waals surface area contributed by atoms with Crippen LogP contribution in [0.3, 0.4) is 0 Å². The number of carbonyl (C=O) groups is 2. The summed E-state index contributed by atoms with van der Waals surface area (Å²) in [6.07, 6.45) is 1.42. The molecule has 4 heteroatoms. The van der Waals surface area contributed by atoms with Crippen LogP contribution in [0.25, 0.3) is 0 Å². The molecule has 0 radical (unpaired) electrons. The zero-order chi connectivity index (χ0) is 13.0. The summed E-state index contributed by atoms with van der Waals surface area (Å²) in [5.41, 5.74) is 0.974. The van der Waals surface area contributed by atoms with Gasteiger partial charge < -0.3 is 10.2 Å². The van der Waals surface area contributed by atoms with Crippen LogP contribution < -0.4 is 5.32 Å². The zero-order valence-electron chi connectivity index (χ0n) is 10.6. The number of amides is 2. The Morgan fingerprint density at radius 1 is 1.28 bits per heavy atom. The fourth-order valence-electron chi connectivity index (χ4n) is 2.05. The Morgan fingerprint density at radius 2 is 1.94 bits per heavy atom. The highest BCUT2D eigenvalue weighted by atomic mass is 16.2. The summed E-state index contributed by atoms with van der Waals surface area (Å²) in [6, 6.07) is 9.40. The van der Waals surface area contributed by atoms with Gasteiger partial charge in [0, 0.05) is 20.0 Å². The van der Waals surface area contributed by atoms with Gasteiger partial charge in [0.05, 0.1) is 12.5 Å². The van der Waals surface area contributed by atoms with E-state index in [1.165, 1.54) is 6.92 Å². The molecule has 0 bridgehead atoms. The number of rotatable bonds is 4. The van der Waals surface area contributed by atoms with Crippen molar-refractivity contribution in [1.29, 1.82) is 0 Å². The molecule has 18 heavy (non-hydrogen) atoms. The molecule has 96 valence electrons. The van der Waals surface area contributed by atoms with E-state index in [4.69, 9.17) is 0 Å². The Morgan fingerprint density at radius 3 is 2.44 bits per heavy atom. The van der Waals surface area contributed by atoms with E-state index in [1.54, 1.807) is 0 Å². The summed E-state index contributed by atoms with van der Waals surface area (Å²) < 4.78 is 0. The van der Waals surface area contributed by atoms with Crippen molar-refractivity contribution in [3.8, 4) is 0 Å². The van der Waals surface area contributed by atoms with Crippen LogP contribution in [0.15, 0.2) is 30.3 Å². The fraction of sp³-hybridized carbons (Fsp3) is 0.429. The Balaban J connectivity index is 2.05. The highest BCUT2D eigenvalue weighted by molar-refractivity contribution is 5.79. The second-order valence-corrected chi connectivity index (χ2v) is 4.60. The maximum Gasteiger partial charge on any atom is 0.224 e. The van der Waals surface area contributed by atoms with E-state index >= 15 is 0 Å². The molecule has 1 aromatic carbocycles. The lowest BCUT2D eigenvalue weighted by molar-refractivity contribution is -0.135. The number of carbonyl (C=O) groups excluding carboxylic acids is 2. The van der Waals surface area contributed by atoms with Crippen LogP contribution in [0.2, 0.25) is 0 Å². The predicted octanol–water partition coefficient (Wildman–Crippen LogP) is 1.49. The fourth-order valence-corrected chi connectivity index (χ4v) is 2.05. The van der Waals surface area contributed by atoms with Gasteiger partial charge >= 0.3 is 0 Å². The average Bonchev–Trinajstić information content (AvgIpc) is 2.26. The molecule has 1 saturated heterocycles. The first kappa shape index (κ1) is 12.6. The molecule has 1 aliphatic rings. The summed E-state index contributed by atoms with van der Waals surface area (Å²) in [5.74, 6) is 0.00381. The second-order valence-electron chi connectivity index (χ2n) is 4.60. The molecule has 1 N–H and O–H groups in total. The van der Waals surface area contributed by atoms with Crippen LogP contribution in [0.4, 0.5) is 0 Å². The summed E-state index contributed by atoms with van der Waals surface area (Å²) >= 11 is 0. The van der Waals surface area contributed by atoms with Gasteiger partial charge in [-0.05, 0) is 12.0 Å². The van der Waals surface area contributed by atoms with Gasteiger partial charge in [0.1, 0.15) is 0 Å². The van der Waals surface area contributed by atoms with Crippen LogP contribution >= 0.6 is 0 Å². The Labute approximate surface area is 107 Å². The van der Waals surface area contributed by atoms with E-state index in [0.29, 0.717) is 6.42 Å². The number of hydrogen-bond donors (Lipinski definition) is 1. The maximum absolute atomic E-state index is 12.0. The summed E-state index contributed by atoms with van der Waals surface area (Å²) in [5, 5.41) is 2.84. The molecule has 0 aliphatic carbocycles. The van der Waals surface area contributed by atoms with Crippen molar-refractivity contribution in [1.82, 2.24) is 10.2 Å². The predicted molar refractivity (Wildman–Crippen MR) is 68.8 cm³/mol. The standard InChI is InChI=1S/C14H18N2O2/c1-11(17)15-13(12-6-3-2-4-7-12)10-14(18)16-8-5-9-16/h2-4,6-7,13H,5,8-10H2,1H3,(H,15,17). The van der Waals surface area contributed by atoms with Gasteiger partial charge in [0.2, 0.25) is 11.8 Å². The van der Waals surface area contributed by atoms with Crippen LogP contribution in [0.5, 0.6) is 0 Å². The highest BCUT2D eigenvalue weighted by Crippen LogP contribution is 2.19. The van der Waals surface area contributed by atoms with Crippen molar-refractivity contribution in [2.45, 2.75) is 25.8 Å². The first-order valence-corrected chi connectivity index (χ1v) is 6.26. The van der Waals surface area contributed by atoms with E-state index in [9.17, 15) is 9.59 Å². The minimum atomic E-state index is -0.225. The largest absolute Gasteiger partial charge is 0.349 e. The van der Waals surface area contributed by atoms with Crippen LogP contribution in [-0.4, -0.2) is 29.8 Å². The minimum Gasteiger partial charge on any atom is -0.349 e. The number of nitrogens with zero attached hydrogens (tertiary/aromatic N) is 1. The molecule has 2 amide bonds. The quantitative estimate of drug-likeness (QED) is 0.875. The molecular formula is C14H18N2O2. The third-order valence-corrected chi connectivity index (χ3v) is 3.17. The van der Waals surface area contributed by atoms with Gasteiger partial charge in [-0.2, -0.15) is 0 Å². The van der Waals surface area contributed by atoms with Crippen molar-refractivity contribution in [2.75, 3.05) is 13.1 Å². The van der Waals surface area contributed by atoms with Gasteiger partial charge in [0.25, 0.3) is 0 Å². The zero-order valence-corrected chi connectivity index (χ0v) is 10.6. The molecule has 4 nitrogen and oxygen atoms in total. The smallest absolute Gasteiger partial charge is 0.224 e. The van der Waals surface area contributed by atoms with Crippen LogP contribution in [-0.2, 0) is 9.59 Å². The molecule has 1 fully saturated rings. The van der Waals surface area contributed by atoms with E-state index < -0.39 is 0 Å². The molecule has 1 unspecified atom stereocenters. The van der Waals surface area contributed by atoms with E-state index in [2.05, 4.69) is 5.32 Å². The lowest BCUT2D eigenvalue weighted by atomic mass is 10.0. The lowest BCUT2D eigenvalue weighted by Gasteiger charge is -2.32. The monoisotopic (exact) mass is 246 g/mol. The first-order valence-electron chi connectivity index (χ1n) is 6.26. The summed E-state index contributed by atoms with van der Waals surface area (Å²) in [4.78, 5) is 25.0. The van der Waals surface area contributed by atoms with E-state index in [1.807, 2.05) is 35.2 Å². The van der Waals surface area contributed by atoms with Gasteiger partial charge in [0.15, 0.2) is 0 Å². The average molecular weight is 246 g/mol. The summed E-state index contributed by atoms with van der Waals surface area (Å²) in [6.45, 7) is 3.17. The molecule has 1 atom stereocenters. The first-order chi connectivity index (χ1) is 8.66. The molecule has 0 saturated carbocycles. The van der Waals surface area contributed by atoms with Gasteiger partial charge in [-0.25, -0.2) is 0 Å². The number of benzene rings is 1. The van der Waals surface area contributed by atoms with Crippen molar-refractivity contribution >= 4 is 11.8 Å². The Bertz CT molecular complexity index is 427. The maximum atomic E-state index is 12.0. The van der Waals surface area contributed by atoms with Crippen molar-refractivity contribution in [3.63, 3.8) is 0 Å². The van der Waals surface area contributed by atoms with E-state index in [0.717, 1.165) is 25.1 Å². The van der Waals surface area contributed by atoms with E-state index in [-0.39, 0.29) is 17.9 Å². The second kappa shape index (κ2) is 5.67. The third kappa shape index (κ3) is 3.09. The lowest BCUT2D eigenvalue weighted by Crippen LogP contribution is -2.43. The molecule has 2 rings (SSSR count). The molecular weight excluding hydrogens is 228 g/mol. The van der Waals surface area contributed by atoms with Gasteiger partial charge in [-0.3, -0.25) is 9.59 Å². The normalized spacial score (nSPS) is 15.7. The number of hydrogen-bond acceptors (Lipinski definition) is 2. The Hall–Kier alpha value is -1.84. The Kier molecular flexibility index (Phi) is 3.97.